The van der Waals surface area contributed by atoms with Gasteiger partial charge in [0.15, 0.2) is 0 Å². The summed E-state index contributed by atoms with van der Waals surface area (Å²) in [6, 6.07) is 10.5. The number of hydrogen-bond donors (Lipinski definition) is 1. The number of likely N-dealkylation sites (tertiary alicyclic amines) is 1. The molecule has 1 aromatic heterocycles. The fourth-order valence-corrected chi connectivity index (χ4v) is 4.82. The van der Waals surface area contributed by atoms with Crippen LogP contribution in [0.5, 0.6) is 0 Å². The molecule has 1 atom stereocenters. The van der Waals surface area contributed by atoms with Crippen LogP contribution >= 0.6 is 11.3 Å². The number of aryl methyl sites for hydroxylation is 1. The Kier molecular flexibility index (Phi) is 4.14. The zero-order valence-electron chi connectivity index (χ0n) is 14.0. The Morgan fingerprint density at radius 1 is 1.29 bits per heavy atom. The van der Waals surface area contributed by atoms with E-state index in [1.54, 1.807) is 11.3 Å². The molecule has 2 aromatic rings. The summed E-state index contributed by atoms with van der Waals surface area (Å²) in [5.74, 6) is 0.502. The van der Waals surface area contributed by atoms with Crippen molar-refractivity contribution in [1.82, 2.24) is 15.2 Å². The molecule has 1 spiro atoms. The van der Waals surface area contributed by atoms with Crippen LogP contribution in [-0.2, 0) is 11.3 Å². The normalized spacial score (nSPS) is 23.5. The van der Waals surface area contributed by atoms with Crippen molar-refractivity contribution >= 4 is 17.2 Å². The minimum Gasteiger partial charge on any atom is -0.350 e. The molecule has 3 heterocycles. The second-order valence-corrected chi connectivity index (χ2v) is 8.07. The lowest BCUT2D eigenvalue weighted by molar-refractivity contribution is -0.120. The van der Waals surface area contributed by atoms with Crippen molar-refractivity contribution in [3.63, 3.8) is 0 Å². The Morgan fingerprint density at radius 2 is 2.04 bits per heavy atom. The number of thiazole rings is 1. The highest BCUT2D eigenvalue weighted by molar-refractivity contribution is 7.09. The van der Waals surface area contributed by atoms with E-state index in [9.17, 15) is 4.79 Å². The fraction of sp³-hybridized carbons (Fsp3) is 0.474. The fourth-order valence-electron chi connectivity index (χ4n) is 4.21. The van der Waals surface area contributed by atoms with Crippen molar-refractivity contribution in [2.24, 2.45) is 0 Å². The van der Waals surface area contributed by atoms with E-state index >= 15 is 0 Å². The number of hydrogen-bond acceptors (Lipinski definition) is 4. The quantitative estimate of drug-likeness (QED) is 0.933. The highest BCUT2D eigenvalue weighted by atomic mass is 32.1. The van der Waals surface area contributed by atoms with Gasteiger partial charge in [0.2, 0.25) is 5.91 Å². The molecule has 0 aliphatic carbocycles. The molecule has 126 valence electrons. The molecule has 0 unspecified atom stereocenters. The Bertz CT molecular complexity index is 719. The number of nitrogens with one attached hydrogen (secondary N) is 1. The molecule has 5 heteroatoms. The number of carbonyl (C=O) groups is 1. The number of piperidine rings is 1. The molecule has 2 aliphatic rings. The summed E-state index contributed by atoms with van der Waals surface area (Å²) < 4.78 is 0. The van der Waals surface area contributed by atoms with E-state index in [1.807, 2.05) is 6.07 Å². The Labute approximate surface area is 146 Å². The van der Waals surface area contributed by atoms with Gasteiger partial charge in [-0.2, -0.15) is 0 Å². The van der Waals surface area contributed by atoms with Crippen LogP contribution in [0.4, 0.5) is 0 Å². The van der Waals surface area contributed by atoms with Crippen molar-refractivity contribution in [1.29, 1.82) is 0 Å². The van der Waals surface area contributed by atoms with Gasteiger partial charge in [-0.25, -0.2) is 4.98 Å². The standard InChI is InChI=1S/C19H23N3OS/c1-14-20-16(13-24-14)12-22-9-7-19(8-10-22)17(11-18(23)21-19)15-5-3-2-4-6-15/h2-6,13,17H,7-12H2,1H3,(H,21,23)/t17-/m0/s1. The predicted molar refractivity (Wildman–Crippen MR) is 96.0 cm³/mol. The van der Waals surface area contributed by atoms with Crippen LogP contribution in [-0.4, -0.2) is 34.4 Å². The first-order valence-electron chi connectivity index (χ1n) is 8.64. The minimum atomic E-state index is -0.0626. The molecule has 0 saturated carbocycles. The summed E-state index contributed by atoms with van der Waals surface area (Å²) in [4.78, 5) is 19.2. The summed E-state index contributed by atoms with van der Waals surface area (Å²) in [5.41, 5.74) is 2.40. The first-order chi connectivity index (χ1) is 11.6. The molecule has 2 saturated heterocycles. The average molecular weight is 341 g/mol. The molecule has 2 fully saturated rings. The van der Waals surface area contributed by atoms with E-state index < -0.39 is 0 Å². The Balaban J connectivity index is 1.47. The van der Waals surface area contributed by atoms with E-state index in [4.69, 9.17) is 0 Å². The van der Waals surface area contributed by atoms with Crippen molar-refractivity contribution in [2.45, 2.75) is 44.2 Å². The van der Waals surface area contributed by atoms with Gasteiger partial charge in [0, 0.05) is 42.9 Å². The molecule has 0 radical (unpaired) electrons. The molecular weight excluding hydrogens is 318 g/mol. The van der Waals surface area contributed by atoms with Crippen LogP contribution in [0.25, 0.3) is 0 Å². The molecule has 24 heavy (non-hydrogen) atoms. The predicted octanol–water partition coefficient (Wildman–Crippen LogP) is 3.09. The number of rotatable bonds is 3. The lowest BCUT2D eigenvalue weighted by atomic mass is 9.74. The molecular formula is C19H23N3OS. The maximum Gasteiger partial charge on any atom is 0.221 e. The van der Waals surface area contributed by atoms with Crippen LogP contribution in [0.15, 0.2) is 35.7 Å². The highest BCUT2D eigenvalue weighted by Crippen LogP contribution is 2.43. The molecule has 1 aromatic carbocycles. The van der Waals surface area contributed by atoms with Crippen molar-refractivity contribution < 1.29 is 4.79 Å². The highest BCUT2D eigenvalue weighted by Gasteiger charge is 2.48. The number of benzene rings is 1. The number of carbonyl (C=O) groups excluding carboxylic acids is 1. The Morgan fingerprint density at radius 3 is 2.71 bits per heavy atom. The summed E-state index contributed by atoms with van der Waals surface area (Å²) in [6.07, 6.45) is 2.65. The van der Waals surface area contributed by atoms with E-state index in [1.165, 1.54) is 11.3 Å². The van der Waals surface area contributed by atoms with Gasteiger partial charge < -0.3 is 5.32 Å². The van der Waals surface area contributed by atoms with E-state index in [0.29, 0.717) is 12.3 Å². The van der Waals surface area contributed by atoms with Gasteiger partial charge in [-0.15, -0.1) is 11.3 Å². The maximum atomic E-state index is 12.1. The SMILES string of the molecule is Cc1nc(CN2CCC3(CC2)NC(=O)C[C@H]3c2ccccc2)cs1. The summed E-state index contributed by atoms with van der Waals surface area (Å²) in [7, 11) is 0. The van der Waals surface area contributed by atoms with E-state index in [2.05, 4.69) is 51.8 Å². The zero-order chi connectivity index (χ0) is 16.6. The first kappa shape index (κ1) is 15.8. The third-order valence-corrected chi connectivity index (χ3v) is 6.27. The Hall–Kier alpha value is -1.72. The van der Waals surface area contributed by atoms with E-state index in [-0.39, 0.29) is 11.4 Å². The second kappa shape index (κ2) is 6.30. The van der Waals surface area contributed by atoms with Crippen LogP contribution < -0.4 is 5.32 Å². The molecule has 1 amide bonds. The summed E-state index contributed by atoms with van der Waals surface area (Å²) in [5, 5.41) is 6.61. The number of nitrogens with zero attached hydrogens (tertiary/aromatic N) is 2. The third kappa shape index (κ3) is 2.98. The summed E-state index contributed by atoms with van der Waals surface area (Å²) in [6.45, 7) is 5.00. The zero-order valence-corrected chi connectivity index (χ0v) is 14.8. The van der Waals surface area contributed by atoms with Crippen molar-refractivity contribution in [3.8, 4) is 0 Å². The van der Waals surface area contributed by atoms with Crippen LogP contribution in [0.2, 0.25) is 0 Å². The molecule has 1 N–H and O–H groups in total. The number of amides is 1. The van der Waals surface area contributed by atoms with Gasteiger partial charge in [-0.3, -0.25) is 9.69 Å². The van der Waals surface area contributed by atoms with Crippen LogP contribution in [0.1, 0.15) is 41.4 Å². The van der Waals surface area contributed by atoms with Gasteiger partial charge in [0.05, 0.1) is 10.7 Å². The largest absolute Gasteiger partial charge is 0.350 e. The van der Waals surface area contributed by atoms with Gasteiger partial charge in [0.1, 0.15) is 0 Å². The maximum absolute atomic E-state index is 12.1. The van der Waals surface area contributed by atoms with Gasteiger partial charge in [-0.05, 0) is 25.3 Å². The lowest BCUT2D eigenvalue weighted by Crippen LogP contribution is -2.53. The van der Waals surface area contributed by atoms with E-state index in [0.717, 1.165) is 37.5 Å². The van der Waals surface area contributed by atoms with Crippen molar-refractivity contribution in [2.75, 3.05) is 13.1 Å². The topological polar surface area (TPSA) is 45.2 Å². The molecule has 2 aliphatic heterocycles. The third-order valence-electron chi connectivity index (χ3n) is 5.45. The lowest BCUT2D eigenvalue weighted by Gasteiger charge is -2.42. The van der Waals surface area contributed by atoms with Crippen LogP contribution in [0, 0.1) is 6.92 Å². The van der Waals surface area contributed by atoms with Crippen molar-refractivity contribution in [3.05, 3.63) is 52.0 Å². The summed E-state index contributed by atoms with van der Waals surface area (Å²) >= 11 is 1.71. The average Bonchev–Trinajstić information content (AvgIpc) is 3.14. The minimum absolute atomic E-state index is 0.0626. The monoisotopic (exact) mass is 341 g/mol. The second-order valence-electron chi connectivity index (χ2n) is 7.01. The molecule has 4 rings (SSSR count). The number of aromatic nitrogens is 1. The smallest absolute Gasteiger partial charge is 0.221 e. The van der Waals surface area contributed by atoms with Crippen LogP contribution in [0.3, 0.4) is 0 Å². The van der Waals surface area contributed by atoms with Gasteiger partial charge >= 0.3 is 0 Å². The first-order valence-corrected chi connectivity index (χ1v) is 9.52. The van der Waals surface area contributed by atoms with Gasteiger partial charge in [-0.1, -0.05) is 30.3 Å². The molecule has 4 nitrogen and oxygen atoms in total. The van der Waals surface area contributed by atoms with Gasteiger partial charge in [0.25, 0.3) is 0 Å². The molecule has 0 bridgehead atoms.